The first-order chi connectivity index (χ1) is 12.8. The van der Waals surface area contributed by atoms with Crippen LogP contribution >= 0.6 is 0 Å². The lowest BCUT2D eigenvalue weighted by molar-refractivity contribution is 0.0532. The normalized spacial score (nSPS) is 20.6. The largest absolute Gasteiger partial charge is 0.450 e. The van der Waals surface area contributed by atoms with Crippen LogP contribution in [0.4, 0.5) is 4.79 Å². The molecule has 5 heteroatoms. The van der Waals surface area contributed by atoms with Crippen LogP contribution in [0.5, 0.6) is 0 Å². The summed E-state index contributed by atoms with van der Waals surface area (Å²) in [4.78, 5) is 18.8. The Balaban J connectivity index is 1.36. The van der Waals surface area contributed by atoms with E-state index in [-0.39, 0.29) is 6.09 Å². The zero-order valence-electron chi connectivity index (χ0n) is 15.8. The highest BCUT2D eigenvalue weighted by molar-refractivity contribution is 5.67. The van der Waals surface area contributed by atoms with E-state index in [9.17, 15) is 4.79 Å². The Morgan fingerprint density at radius 2 is 1.77 bits per heavy atom. The maximum Gasteiger partial charge on any atom is 0.409 e. The van der Waals surface area contributed by atoms with Crippen LogP contribution in [0, 0.1) is 0 Å². The van der Waals surface area contributed by atoms with Gasteiger partial charge < -0.3 is 9.64 Å². The van der Waals surface area contributed by atoms with Crippen molar-refractivity contribution >= 4 is 12.2 Å². The Kier molecular flexibility index (Phi) is 7.09. The van der Waals surface area contributed by atoms with Crippen molar-refractivity contribution < 1.29 is 9.53 Å². The van der Waals surface area contributed by atoms with Gasteiger partial charge >= 0.3 is 6.09 Å². The van der Waals surface area contributed by atoms with Gasteiger partial charge in [-0.1, -0.05) is 42.5 Å². The lowest BCUT2D eigenvalue weighted by Gasteiger charge is -2.42. The molecule has 2 saturated heterocycles. The minimum Gasteiger partial charge on any atom is -0.450 e. The Labute approximate surface area is 157 Å². The fourth-order valence-electron chi connectivity index (χ4n) is 3.84. The SMILES string of the molecule is CCOC(=O)N1CCC(N2CCN(CC=Cc3ccccc3)CC2)CC1. The van der Waals surface area contributed by atoms with Crippen LogP contribution < -0.4 is 0 Å². The van der Waals surface area contributed by atoms with Crippen LogP contribution in [0.2, 0.25) is 0 Å². The number of piperazine rings is 1. The smallest absolute Gasteiger partial charge is 0.409 e. The molecule has 0 aliphatic carbocycles. The van der Waals surface area contributed by atoms with E-state index < -0.39 is 0 Å². The van der Waals surface area contributed by atoms with Crippen molar-refractivity contribution in [3.63, 3.8) is 0 Å². The molecule has 0 unspecified atom stereocenters. The van der Waals surface area contributed by atoms with E-state index in [1.54, 1.807) is 0 Å². The van der Waals surface area contributed by atoms with Gasteiger partial charge in [0.2, 0.25) is 0 Å². The van der Waals surface area contributed by atoms with Crippen molar-refractivity contribution in [2.24, 2.45) is 0 Å². The quantitative estimate of drug-likeness (QED) is 0.812. The first kappa shape index (κ1) is 18.9. The van der Waals surface area contributed by atoms with Gasteiger partial charge in [0.1, 0.15) is 0 Å². The van der Waals surface area contributed by atoms with E-state index in [1.807, 2.05) is 17.9 Å². The second-order valence-corrected chi connectivity index (χ2v) is 7.07. The number of piperidine rings is 1. The minimum atomic E-state index is -0.152. The van der Waals surface area contributed by atoms with Crippen LogP contribution in [0.25, 0.3) is 6.08 Å². The molecule has 2 fully saturated rings. The number of ether oxygens (including phenoxy) is 1. The topological polar surface area (TPSA) is 36.0 Å². The van der Waals surface area contributed by atoms with Gasteiger partial charge in [-0.3, -0.25) is 9.80 Å². The molecule has 142 valence electrons. The van der Waals surface area contributed by atoms with Crippen LogP contribution in [0.3, 0.4) is 0 Å². The van der Waals surface area contributed by atoms with Crippen molar-refractivity contribution in [3.05, 3.63) is 42.0 Å². The maximum absolute atomic E-state index is 11.8. The Morgan fingerprint density at radius 3 is 2.42 bits per heavy atom. The predicted octanol–water partition coefficient (Wildman–Crippen LogP) is 2.94. The van der Waals surface area contributed by atoms with E-state index in [4.69, 9.17) is 4.74 Å². The lowest BCUT2D eigenvalue weighted by Crippen LogP contribution is -2.53. The molecule has 2 aliphatic heterocycles. The maximum atomic E-state index is 11.8. The van der Waals surface area contributed by atoms with Gasteiger partial charge in [0, 0.05) is 51.9 Å². The Hall–Kier alpha value is -1.85. The predicted molar refractivity (Wildman–Crippen MR) is 105 cm³/mol. The average Bonchev–Trinajstić information content (AvgIpc) is 2.70. The van der Waals surface area contributed by atoms with Crippen molar-refractivity contribution in [1.82, 2.24) is 14.7 Å². The van der Waals surface area contributed by atoms with Gasteiger partial charge in [0.05, 0.1) is 6.61 Å². The van der Waals surface area contributed by atoms with E-state index in [0.29, 0.717) is 12.6 Å². The average molecular weight is 357 g/mol. The number of rotatable bonds is 5. The molecule has 3 rings (SSSR count). The molecule has 0 radical (unpaired) electrons. The number of benzene rings is 1. The number of amides is 1. The van der Waals surface area contributed by atoms with Crippen LogP contribution in [-0.2, 0) is 4.74 Å². The third-order valence-corrected chi connectivity index (χ3v) is 5.39. The summed E-state index contributed by atoms with van der Waals surface area (Å²) in [5, 5.41) is 0. The summed E-state index contributed by atoms with van der Waals surface area (Å²) in [5.41, 5.74) is 1.26. The number of likely N-dealkylation sites (tertiary alicyclic amines) is 1. The minimum absolute atomic E-state index is 0.152. The van der Waals surface area contributed by atoms with Crippen LogP contribution in [-0.4, -0.2) is 79.3 Å². The first-order valence-corrected chi connectivity index (χ1v) is 9.86. The molecule has 2 aliphatic rings. The van der Waals surface area contributed by atoms with Gasteiger partial charge in [-0.15, -0.1) is 0 Å². The van der Waals surface area contributed by atoms with Gasteiger partial charge in [-0.25, -0.2) is 4.79 Å². The standard InChI is InChI=1S/C21H31N3O2/c1-2-26-21(25)24-13-10-20(11-14-24)23-17-15-22(16-18-23)12-6-9-19-7-4-3-5-8-19/h3-9,20H,2,10-18H2,1H3. The van der Waals surface area contributed by atoms with Gasteiger partial charge in [-0.05, 0) is 25.3 Å². The highest BCUT2D eigenvalue weighted by Gasteiger charge is 2.29. The summed E-state index contributed by atoms with van der Waals surface area (Å²) >= 11 is 0. The fraction of sp³-hybridized carbons (Fsp3) is 0.571. The molecule has 0 saturated carbocycles. The lowest BCUT2D eigenvalue weighted by atomic mass is 10.0. The Morgan fingerprint density at radius 1 is 1.08 bits per heavy atom. The zero-order valence-corrected chi connectivity index (χ0v) is 15.8. The summed E-state index contributed by atoms with van der Waals surface area (Å²) in [6, 6.07) is 11.1. The molecule has 1 aromatic rings. The highest BCUT2D eigenvalue weighted by atomic mass is 16.6. The van der Waals surface area contributed by atoms with E-state index >= 15 is 0 Å². The first-order valence-electron chi connectivity index (χ1n) is 9.86. The zero-order chi connectivity index (χ0) is 18.2. The van der Waals surface area contributed by atoms with E-state index in [1.165, 1.54) is 5.56 Å². The molecule has 0 spiro atoms. The molecule has 0 aromatic heterocycles. The second kappa shape index (κ2) is 9.74. The summed E-state index contributed by atoms with van der Waals surface area (Å²) < 4.78 is 5.11. The molecular weight excluding hydrogens is 326 g/mol. The molecule has 1 aromatic carbocycles. The number of carbonyl (C=O) groups is 1. The summed E-state index contributed by atoms with van der Waals surface area (Å²) in [7, 11) is 0. The summed E-state index contributed by atoms with van der Waals surface area (Å²) in [5.74, 6) is 0. The van der Waals surface area contributed by atoms with Crippen molar-refractivity contribution in [3.8, 4) is 0 Å². The van der Waals surface area contributed by atoms with Gasteiger partial charge in [0.15, 0.2) is 0 Å². The Bertz CT molecular complexity index is 574. The molecule has 1 amide bonds. The van der Waals surface area contributed by atoms with E-state index in [0.717, 1.165) is 58.7 Å². The summed E-state index contributed by atoms with van der Waals surface area (Å²) in [6.45, 7) is 9.48. The molecule has 0 N–H and O–H groups in total. The molecule has 0 bridgehead atoms. The molecule has 0 atom stereocenters. The number of hydrogen-bond acceptors (Lipinski definition) is 4. The molecule has 5 nitrogen and oxygen atoms in total. The summed E-state index contributed by atoms with van der Waals surface area (Å²) in [6.07, 6.45) is 6.45. The fourth-order valence-corrected chi connectivity index (χ4v) is 3.84. The van der Waals surface area contributed by atoms with Gasteiger partial charge in [-0.2, -0.15) is 0 Å². The third kappa shape index (κ3) is 5.32. The highest BCUT2D eigenvalue weighted by Crippen LogP contribution is 2.19. The molecular formula is C21H31N3O2. The van der Waals surface area contributed by atoms with Crippen LogP contribution in [0.15, 0.2) is 36.4 Å². The molecule has 2 heterocycles. The van der Waals surface area contributed by atoms with Crippen molar-refractivity contribution in [2.45, 2.75) is 25.8 Å². The monoisotopic (exact) mass is 357 g/mol. The van der Waals surface area contributed by atoms with Crippen molar-refractivity contribution in [1.29, 1.82) is 0 Å². The second-order valence-electron chi connectivity index (χ2n) is 7.07. The van der Waals surface area contributed by atoms with E-state index in [2.05, 4.69) is 46.2 Å². The number of hydrogen-bond donors (Lipinski definition) is 0. The van der Waals surface area contributed by atoms with Gasteiger partial charge in [0.25, 0.3) is 0 Å². The van der Waals surface area contributed by atoms with Crippen molar-refractivity contribution in [2.75, 3.05) is 52.4 Å². The third-order valence-electron chi connectivity index (χ3n) is 5.39. The molecule has 26 heavy (non-hydrogen) atoms. The van der Waals surface area contributed by atoms with Crippen LogP contribution in [0.1, 0.15) is 25.3 Å². The number of nitrogens with zero attached hydrogens (tertiary/aromatic N) is 3. The number of carbonyl (C=O) groups excluding carboxylic acids is 1.